The van der Waals surface area contributed by atoms with E-state index >= 15 is 0 Å². The van der Waals surface area contributed by atoms with E-state index in [1.165, 1.54) is 0 Å². The fourth-order valence-electron chi connectivity index (χ4n) is 1.73. The summed E-state index contributed by atoms with van der Waals surface area (Å²) in [6.45, 7) is 5.32. The number of hydrogen-bond donors (Lipinski definition) is 2. The van der Waals surface area contributed by atoms with Crippen molar-refractivity contribution in [1.29, 1.82) is 0 Å². The summed E-state index contributed by atoms with van der Waals surface area (Å²) >= 11 is 0. The lowest BCUT2D eigenvalue weighted by Gasteiger charge is -2.22. The molecule has 1 rings (SSSR count). The number of ether oxygens (including phenoxy) is 1. The van der Waals surface area contributed by atoms with Crippen LogP contribution in [0.4, 0.5) is 4.79 Å². The third kappa shape index (κ3) is 5.20. The summed E-state index contributed by atoms with van der Waals surface area (Å²) in [5, 5.41) is 4.59. The minimum atomic E-state index is -0.869. The number of amides is 3. The topological polar surface area (TPSA) is 84.5 Å². The predicted molar refractivity (Wildman–Crippen MR) is 82.3 cm³/mol. The quantitative estimate of drug-likeness (QED) is 0.784. The summed E-state index contributed by atoms with van der Waals surface area (Å²) in [5.41, 5.74) is -0.0764. The molecule has 0 aliphatic rings. The van der Waals surface area contributed by atoms with Crippen molar-refractivity contribution in [2.75, 3.05) is 13.2 Å². The third-order valence-electron chi connectivity index (χ3n) is 3.13. The maximum absolute atomic E-state index is 12.1. The molecule has 1 aromatic carbocycles. The van der Waals surface area contributed by atoms with Gasteiger partial charge in [-0.1, -0.05) is 37.3 Å². The van der Waals surface area contributed by atoms with Gasteiger partial charge in [0.25, 0.3) is 5.91 Å². The lowest BCUT2D eigenvalue weighted by molar-refractivity contribution is -0.153. The molecule has 0 heterocycles. The summed E-state index contributed by atoms with van der Waals surface area (Å²) < 4.78 is 5.00. The second-order valence-corrected chi connectivity index (χ2v) is 5.37. The monoisotopic (exact) mass is 306 g/mol. The van der Waals surface area contributed by atoms with Gasteiger partial charge in [-0.25, -0.2) is 4.79 Å². The number of benzene rings is 1. The third-order valence-corrected chi connectivity index (χ3v) is 3.13. The number of imide groups is 1. The largest absolute Gasteiger partial charge is 0.455 e. The van der Waals surface area contributed by atoms with Crippen molar-refractivity contribution >= 4 is 17.9 Å². The minimum Gasteiger partial charge on any atom is -0.455 e. The maximum atomic E-state index is 12.1. The number of rotatable bonds is 6. The minimum absolute atomic E-state index is 0.472. The van der Waals surface area contributed by atoms with E-state index in [0.29, 0.717) is 6.54 Å². The maximum Gasteiger partial charge on any atom is 0.321 e. The smallest absolute Gasteiger partial charge is 0.321 e. The molecule has 0 aromatic heterocycles. The van der Waals surface area contributed by atoms with Gasteiger partial charge in [-0.15, -0.1) is 0 Å². The fourth-order valence-corrected chi connectivity index (χ4v) is 1.73. The second kappa shape index (κ2) is 8.17. The Labute approximate surface area is 130 Å². The number of nitrogens with one attached hydrogen (secondary N) is 2. The summed E-state index contributed by atoms with van der Waals surface area (Å²) in [6.07, 6.45) is 0.766. The predicted octanol–water partition coefficient (Wildman–Crippen LogP) is 1.74. The average molecular weight is 306 g/mol. The highest BCUT2D eigenvalue weighted by molar-refractivity contribution is 5.96. The number of hydrogen-bond acceptors (Lipinski definition) is 4. The molecular formula is C16H22N2O4. The van der Waals surface area contributed by atoms with Gasteiger partial charge in [-0.3, -0.25) is 14.9 Å². The standard InChI is InChI=1S/C16H22N2O4/c1-4-10-17-15(21)18-13(19)11-22-14(20)16(2,3)12-8-6-5-7-9-12/h5-9H,4,10-11H2,1-3H3,(H2,17,18,19,21). The SMILES string of the molecule is CCCNC(=O)NC(=O)COC(=O)C(C)(C)c1ccccc1. The van der Waals surface area contributed by atoms with Gasteiger partial charge in [-0.2, -0.15) is 0 Å². The van der Waals surface area contributed by atoms with Crippen LogP contribution in [-0.4, -0.2) is 31.1 Å². The van der Waals surface area contributed by atoms with Crippen molar-refractivity contribution in [3.63, 3.8) is 0 Å². The van der Waals surface area contributed by atoms with Crippen LogP contribution < -0.4 is 10.6 Å². The molecule has 0 atom stereocenters. The normalized spacial score (nSPS) is 10.7. The van der Waals surface area contributed by atoms with Crippen LogP contribution in [0.2, 0.25) is 0 Å². The Hall–Kier alpha value is -2.37. The van der Waals surface area contributed by atoms with Crippen LogP contribution in [0.3, 0.4) is 0 Å². The van der Waals surface area contributed by atoms with E-state index in [0.717, 1.165) is 12.0 Å². The van der Waals surface area contributed by atoms with Crippen molar-refractivity contribution in [3.05, 3.63) is 35.9 Å². The lowest BCUT2D eigenvalue weighted by Crippen LogP contribution is -2.42. The van der Waals surface area contributed by atoms with Crippen LogP contribution in [-0.2, 0) is 19.7 Å². The summed E-state index contributed by atoms with van der Waals surface area (Å²) in [6, 6.07) is 8.56. The van der Waals surface area contributed by atoms with E-state index in [1.807, 2.05) is 37.3 Å². The Morgan fingerprint density at radius 1 is 1.14 bits per heavy atom. The lowest BCUT2D eigenvalue weighted by atomic mass is 9.85. The zero-order valence-corrected chi connectivity index (χ0v) is 13.1. The molecule has 0 aliphatic carbocycles. The second-order valence-electron chi connectivity index (χ2n) is 5.37. The number of carbonyl (C=O) groups excluding carboxylic acids is 3. The van der Waals surface area contributed by atoms with Gasteiger partial charge < -0.3 is 10.1 Å². The van der Waals surface area contributed by atoms with Gasteiger partial charge in [-0.05, 0) is 25.8 Å². The molecule has 6 nitrogen and oxygen atoms in total. The first-order chi connectivity index (χ1) is 10.4. The van der Waals surface area contributed by atoms with Gasteiger partial charge >= 0.3 is 12.0 Å². The Kier molecular flexibility index (Phi) is 6.56. The molecule has 22 heavy (non-hydrogen) atoms. The zero-order valence-electron chi connectivity index (χ0n) is 13.1. The van der Waals surface area contributed by atoms with Crippen LogP contribution >= 0.6 is 0 Å². The van der Waals surface area contributed by atoms with Gasteiger partial charge in [0, 0.05) is 6.54 Å². The molecule has 0 fully saturated rings. The molecule has 6 heteroatoms. The van der Waals surface area contributed by atoms with Gasteiger partial charge in [0.05, 0.1) is 5.41 Å². The first kappa shape index (κ1) is 17.7. The molecule has 2 N–H and O–H groups in total. The highest BCUT2D eigenvalue weighted by atomic mass is 16.5. The highest BCUT2D eigenvalue weighted by Crippen LogP contribution is 2.24. The summed E-state index contributed by atoms with van der Waals surface area (Å²) in [4.78, 5) is 35.0. The average Bonchev–Trinajstić information content (AvgIpc) is 2.51. The Bertz CT molecular complexity index is 526. The number of carbonyl (C=O) groups is 3. The van der Waals surface area contributed by atoms with Crippen LogP contribution in [0.15, 0.2) is 30.3 Å². The van der Waals surface area contributed by atoms with Crippen LogP contribution in [0.5, 0.6) is 0 Å². The Balaban J connectivity index is 2.48. The number of esters is 1. The van der Waals surface area contributed by atoms with Crippen LogP contribution in [0, 0.1) is 0 Å². The molecule has 0 saturated heterocycles. The van der Waals surface area contributed by atoms with E-state index in [1.54, 1.807) is 13.8 Å². The van der Waals surface area contributed by atoms with Crippen LogP contribution in [0.25, 0.3) is 0 Å². The van der Waals surface area contributed by atoms with Gasteiger partial charge in [0.2, 0.25) is 0 Å². The molecule has 120 valence electrons. The fraction of sp³-hybridized carbons (Fsp3) is 0.438. The molecule has 0 spiro atoms. The molecule has 0 unspecified atom stereocenters. The molecule has 0 bridgehead atoms. The Morgan fingerprint density at radius 3 is 2.36 bits per heavy atom. The van der Waals surface area contributed by atoms with E-state index in [9.17, 15) is 14.4 Å². The Morgan fingerprint density at radius 2 is 1.77 bits per heavy atom. The molecule has 0 radical (unpaired) electrons. The molecule has 0 aliphatic heterocycles. The zero-order chi connectivity index (χ0) is 16.6. The van der Waals surface area contributed by atoms with Gasteiger partial charge in [0.15, 0.2) is 6.61 Å². The van der Waals surface area contributed by atoms with Crippen molar-refractivity contribution in [3.8, 4) is 0 Å². The first-order valence-corrected chi connectivity index (χ1v) is 7.18. The van der Waals surface area contributed by atoms with E-state index in [-0.39, 0.29) is 0 Å². The summed E-state index contributed by atoms with van der Waals surface area (Å²) in [5.74, 6) is -1.19. The van der Waals surface area contributed by atoms with Crippen molar-refractivity contribution in [2.45, 2.75) is 32.6 Å². The molecule has 0 saturated carbocycles. The first-order valence-electron chi connectivity index (χ1n) is 7.18. The molecule has 1 aromatic rings. The van der Waals surface area contributed by atoms with E-state index in [2.05, 4.69) is 10.6 Å². The van der Waals surface area contributed by atoms with Crippen molar-refractivity contribution in [2.24, 2.45) is 0 Å². The summed E-state index contributed by atoms with van der Waals surface area (Å²) in [7, 11) is 0. The molecule has 3 amide bonds. The van der Waals surface area contributed by atoms with Crippen LogP contribution in [0.1, 0.15) is 32.8 Å². The van der Waals surface area contributed by atoms with Gasteiger partial charge in [0.1, 0.15) is 0 Å². The van der Waals surface area contributed by atoms with Crippen molar-refractivity contribution in [1.82, 2.24) is 10.6 Å². The highest BCUT2D eigenvalue weighted by Gasteiger charge is 2.31. The number of urea groups is 1. The van der Waals surface area contributed by atoms with Crippen molar-refractivity contribution < 1.29 is 19.1 Å². The van der Waals surface area contributed by atoms with E-state index in [4.69, 9.17) is 4.74 Å². The van der Waals surface area contributed by atoms with E-state index < -0.39 is 29.9 Å². The molecular weight excluding hydrogens is 284 g/mol.